The average Bonchev–Trinajstić information content (AvgIpc) is 3.50. The number of aryl methyl sites for hydroxylation is 2. The lowest BCUT2D eigenvalue weighted by Gasteiger charge is -2.30. The largest absolute Gasteiger partial charge is 0.490 e. The number of piperidine rings is 1. The molecule has 0 bridgehead atoms. The Morgan fingerprint density at radius 1 is 1.06 bits per heavy atom. The molecule has 50 heavy (non-hydrogen) atoms. The number of thioether (sulfide) groups is 1. The van der Waals surface area contributed by atoms with Gasteiger partial charge in [0.05, 0.1) is 16.7 Å². The standard InChI is InChI=1S/C37H40BrClN6O4S/c1-5-48-30-19-26(18-27(38)34(30)49-20-31(46)44-15-9-6-10-16-44)33-32(35(47)41-29-14-13-22(2)17-23(29)3)24(4)40-36-42-37(43-45(33)36)50-21-25-11-7-8-12-28(25)39/h7-8,11-14,17-19,33H,5-6,9-10,15-16,20-21H2,1-4H3,(H,41,47)(H,40,42,43). The molecule has 3 heterocycles. The van der Waals surface area contributed by atoms with Crippen LogP contribution >= 0.6 is 39.3 Å². The molecule has 1 unspecified atom stereocenters. The van der Waals surface area contributed by atoms with E-state index in [0.29, 0.717) is 55.7 Å². The minimum absolute atomic E-state index is 0.0560. The molecule has 10 nitrogen and oxygen atoms in total. The van der Waals surface area contributed by atoms with Gasteiger partial charge in [-0.05, 0) is 104 Å². The second-order valence-corrected chi connectivity index (χ2v) is 14.6. The van der Waals surface area contributed by atoms with Gasteiger partial charge in [0, 0.05) is 35.2 Å². The van der Waals surface area contributed by atoms with Crippen molar-refractivity contribution >= 4 is 62.7 Å². The van der Waals surface area contributed by atoms with Crippen molar-refractivity contribution in [2.75, 3.05) is 36.9 Å². The number of rotatable bonds is 11. The van der Waals surface area contributed by atoms with Gasteiger partial charge in [-0.3, -0.25) is 9.59 Å². The van der Waals surface area contributed by atoms with Gasteiger partial charge in [-0.15, -0.1) is 5.10 Å². The Labute approximate surface area is 310 Å². The van der Waals surface area contributed by atoms with Gasteiger partial charge in [-0.1, -0.05) is 59.3 Å². The first kappa shape index (κ1) is 35.8. The third-order valence-electron chi connectivity index (χ3n) is 8.72. The van der Waals surface area contributed by atoms with Crippen LogP contribution in [0.1, 0.15) is 61.4 Å². The quantitative estimate of drug-likeness (QED) is 0.146. The van der Waals surface area contributed by atoms with Crippen LogP contribution in [0.2, 0.25) is 5.02 Å². The van der Waals surface area contributed by atoms with Gasteiger partial charge in [0.1, 0.15) is 6.04 Å². The molecule has 0 aliphatic carbocycles. The van der Waals surface area contributed by atoms with E-state index in [1.807, 2.05) is 87.2 Å². The number of aromatic nitrogens is 3. The van der Waals surface area contributed by atoms with Crippen LogP contribution in [0.4, 0.5) is 11.6 Å². The molecule has 2 amide bonds. The number of benzene rings is 3. The second kappa shape index (κ2) is 15.9. The molecule has 1 saturated heterocycles. The van der Waals surface area contributed by atoms with Gasteiger partial charge in [-0.25, -0.2) is 4.68 Å². The summed E-state index contributed by atoms with van der Waals surface area (Å²) in [5, 5.41) is 12.6. The lowest BCUT2D eigenvalue weighted by Crippen LogP contribution is -2.38. The van der Waals surface area contributed by atoms with E-state index in [1.54, 1.807) is 4.68 Å². The van der Waals surface area contributed by atoms with Crippen LogP contribution in [-0.4, -0.2) is 57.8 Å². The van der Waals surface area contributed by atoms with E-state index in [9.17, 15) is 9.59 Å². The van der Waals surface area contributed by atoms with Crippen LogP contribution in [-0.2, 0) is 15.3 Å². The zero-order valence-corrected chi connectivity index (χ0v) is 31.7. The summed E-state index contributed by atoms with van der Waals surface area (Å²) >= 11 is 11.6. The van der Waals surface area contributed by atoms with Gasteiger partial charge in [0.15, 0.2) is 18.1 Å². The number of carbonyl (C=O) groups is 2. The number of ether oxygens (including phenoxy) is 2. The van der Waals surface area contributed by atoms with Crippen molar-refractivity contribution in [1.29, 1.82) is 0 Å². The molecule has 0 radical (unpaired) electrons. The summed E-state index contributed by atoms with van der Waals surface area (Å²) in [5.74, 6) is 1.61. The molecule has 0 spiro atoms. The highest BCUT2D eigenvalue weighted by Crippen LogP contribution is 2.44. The highest BCUT2D eigenvalue weighted by atomic mass is 79.9. The fourth-order valence-corrected chi connectivity index (χ4v) is 7.90. The van der Waals surface area contributed by atoms with Gasteiger partial charge in [-0.2, -0.15) is 4.98 Å². The van der Waals surface area contributed by atoms with Gasteiger partial charge >= 0.3 is 0 Å². The first-order chi connectivity index (χ1) is 24.1. The number of likely N-dealkylation sites (tertiary alicyclic amines) is 1. The minimum Gasteiger partial charge on any atom is -0.490 e. The second-order valence-electron chi connectivity index (χ2n) is 12.4. The van der Waals surface area contributed by atoms with Crippen molar-refractivity contribution < 1.29 is 19.1 Å². The molecular weight excluding hydrogens is 740 g/mol. The molecule has 3 aromatic carbocycles. The van der Waals surface area contributed by atoms with E-state index in [0.717, 1.165) is 60.3 Å². The number of halogens is 2. The number of anilines is 2. The smallest absolute Gasteiger partial charge is 0.260 e. The number of amides is 2. The monoisotopic (exact) mass is 778 g/mol. The average molecular weight is 780 g/mol. The number of hydrogen-bond acceptors (Lipinski definition) is 8. The van der Waals surface area contributed by atoms with Crippen LogP contribution in [0.25, 0.3) is 0 Å². The number of allylic oxidation sites excluding steroid dienone is 1. The summed E-state index contributed by atoms with van der Waals surface area (Å²) in [7, 11) is 0. The fourth-order valence-electron chi connectivity index (χ4n) is 6.21. The summed E-state index contributed by atoms with van der Waals surface area (Å²) in [5.41, 5.74) is 5.58. The summed E-state index contributed by atoms with van der Waals surface area (Å²) in [6.07, 6.45) is 3.14. The normalized spacial score (nSPS) is 15.7. The maximum Gasteiger partial charge on any atom is 0.260 e. The van der Waals surface area contributed by atoms with Crippen LogP contribution in [0.3, 0.4) is 0 Å². The molecule has 2 aliphatic heterocycles. The van der Waals surface area contributed by atoms with Crippen molar-refractivity contribution in [2.45, 2.75) is 63.9 Å². The molecule has 1 aromatic heterocycles. The maximum atomic E-state index is 14.3. The van der Waals surface area contributed by atoms with Crippen molar-refractivity contribution in [3.05, 3.63) is 97.6 Å². The summed E-state index contributed by atoms with van der Waals surface area (Å²) < 4.78 is 14.5. The molecule has 1 atom stereocenters. The first-order valence-corrected chi connectivity index (χ1v) is 18.8. The molecule has 1 fully saturated rings. The van der Waals surface area contributed by atoms with E-state index in [2.05, 4.69) is 26.6 Å². The zero-order valence-electron chi connectivity index (χ0n) is 28.5. The van der Waals surface area contributed by atoms with E-state index in [4.69, 9.17) is 31.2 Å². The van der Waals surface area contributed by atoms with Gasteiger partial charge in [0.25, 0.3) is 11.8 Å². The summed E-state index contributed by atoms with van der Waals surface area (Å²) in [6, 6.07) is 16.7. The molecule has 4 aromatic rings. The summed E-state index contributed by atoms with van der Waals surface area (Å²) in [4.78, 5) is 33.9. The minimum atomic E-state index is -0.682. The fraction of sp³-hybridized carbons (Fsp3) is 0.351. The third-order valence-corrected chi connectivity index (χ3v) is 10.6. The maximum absolute atomic E-state index is 14.3. The van der Waals surface area contributed by atoms with Gasteiger partial charge < -0.3 is 25.0 Å². The number of nitrogens with zero attached hydrogens (tertiary/aromatic N) is 4. The Morgan fingerprint density at radius 2 is 1.84 bits per heavy atom. The Hall–Kier alpha value is -4.00. The highest BCUT2D eigenvalue weighted by molar-refractivity contribution is 9.10. The molecular formula is C37H40BrClN6O4S. The Morgan fingerprint density at radius 3 is 2.58 bits per heavy atom. The van der Waals surface area contributed by atoms with Crippen molar-refractivity contribution in [1.82, 2.24) is 19.7 Å². The zero-order chi connectivity index (χ0) is 35.4. The van der Waals surface area contributed by atoms with Crippen LogP contribution in [0.5, 0.6) is 11.5 Å². The van der Waals surface area contributed by atoms with E-state index in [-0.39, 0.29) is 18.4 Å². The SMILES string of the molecule is CCOc1cc(C2C(C(=O)Nc3ccc(C)cc3C)=C(C)Nc3nc(SCc4ccccc4Cl)nn32)cc(Br)c1OCC(=O)N1CCCCC1. The van der Waals surface area contributed by atoms with Crippen LogP contribution in [0, 0.1) is 13.8 Å². The molecule has 262 valence electrons. The van der Waals surface area contributed by atoms with E-state index < -0.39 is 6.04 Å². The van der Waals surface area contributed by atoms with Gasteiger partial charge in [0.2, 0.25) is 11.1 Å². The predicted molar refractivity (Wildman–Crippen MR) is 201 cm³/mol. The number of hydrogen-bond donors (Lipinski definition) is 2. The highest BCUT2D eigenvalue weighted by Gasteiger charge is 2.36. The van der Waals surface area contributed by atoms with Crippen molar-refractivity contribution in [3.63, 3.8) is 0 Å². The Balaban J connectivity index is 1.36. The molecule has 2 N–H and O–H groups in total. The molecule has 6 rings (SSSR count). The lowest BCUT2D eigenvalue weighted by molar-refractivity contribution is -0.134. The van der Waals surface area contributed by atoms with Crippen molar-refractivity contribution in [2.24, 2.45) is 0 Å². The summed E-state index contributed by atoms with van der Waals surface area (Å²) in [6.45, 7) is 9.49. The van der Waals surface area contributed by atoms with Crippen LogP contribution in [0.15, 0.2) is 75.5 Å². The number of nitrogens with one attached hydrogen (secondary N) is 2. The number of fused-ring (bicyclic) bond motifs is 1. The molecule has 0 saturated carbocycles. The lowest BCUT2D eigenvalue weighted by atomic mass is 9.94. The third kappa shape index (κ3) is 7.98. The number of carbonyl (C=O) groups excluding carboxylic acids is 2. The van der Waals surface area contributed by atoms with E-state index in [1.165, 1.54) is 11.8 Å². The Kier molecular flexibility index (Phi) is 11.4. The molecule has 13 heteroatoms. The Bertz CT molecular complexity index is 1940. The van der Waals surface area contributed by atoms with Crippen LogP contribution < -0.4 is 20.1 Å². The topological polar surface area (TPSA) is 111 Å². The first-order valence-electron chi connectivity index (χ1n) is 16.7. The van der Waals surface area contributed by atoms with E-state index >= 15 is 0 Å². The van der Waals surface area contributed by atoms with Crippen molar-refractivity contribution in [3.8, 4) is 11.5 Å². The predicted octanol–water partition coefficient (Wildman–Crippen LogP) is 8.32. The molecule has 2 aliphatic rings.